The summed E-state index contributed by atoms with van der Waals surface area (Å²) in [7, 11) is 0. The van der Waals surface area contributed by atoms with Gasteiger partial charge in [-0.2, -0.15) is 5.26 Å². The largest absolute Gasteiger partial charge is 0.372 e. The lowest BCUT2D eigenvalue weighted by Gasteiger charge is -2.28. The van der Waals surface area contributed by atoms with Crippen molar-refractivity contribution < 1.29 is 0 Å². The zero-order valence-corrected chi connectivity index (χ0v) is 7.70. The average Bonchev–Trinajstić information content (AvgIpc) is 1.87. The lowest BCUT2D eigenvalue weighted by atomic mass is 10.2. The van der Waals surface area contributed by atoms with Gasteiger partial charge >= 0.3 is 0 Å². The van der Waals surface area contributed by atoms with E-state index in [2.05, 4.69) is 32.6 Å². The molecule has 0 saturated heterocycles. The minimum absolute atomic E-state index is 0.458. The highest BCUT2D eigenvalue weighted by Gasteiger charge is 2.06. The van der Waals surface area contributed by atoms with Crippen LogP contribution in [0.25, 0.3) is 0 Å². The number of allylic oxidation sites excluding steroid dienone is 1. The van der Waals surface area contributed by atoms with Gasteiger partial charge in [0.15, 0.2) is 0 Å². The van der Waals surface area contributed by atoms with E-state index in [4.69, 9.17) is 5.26 Å². The number of nitriles is 1. The maximum absolute atomic E-state index is 8.32. The van der Waals surface area contributed by atoms with Crippen molar-refractivity contribution in [1.82, 2.24) is 4.90 Å². The number of hydrogen-bond acceptors (Lipinski definition) is 2. The molecule has 0 aliphatic heterocycles. The highest BCUT2D eigenvalue weighted by Crippen LogP contribution is 2.04. The molecule has 0 atom stereocenters. The highest BCUT2D eigenvalue weighted by molar-refractivity contribution is 5.02. The molecule has 0 unspecified atom stereocenters. The molecule has 0 aliphatic rings. The van der Waals surface area contributed by atoms with E-state index in [0.29, 0.717) is 12.1 Å². The van der Waals surface area contributed by atoms with Crippen molar-refractivity contribution >= 4 is 0 Å². The van der Waals surface area contributed by atoms with Crippen molar-refractivity contribution in [2.75, 3.05) is 0 Å². The van der Waals surface area contributed by atoms with Gasteiger partial charge in [-0.25, -0.2) is 0 Å². The third-order valence-corrected chi connectivity index (χ3v) is 1.51. The topological polar surface area (TPSA) is 27.0 Å². The molecule has 0 fully saturated rings. The molecule has 2 nitrogen and oxygen atoms in total. The maximum atomic E-state index is 8.32. The summed E-state index contributed by atoms with van der Waals surface area (Å²) in [4.78, 5) is 2.14. The molecule has 2 heteroatoms. The van der Waals surface area contributed by atoms with Gasteiger partial charge in [0, 0.05) is 24.4 Å². The van der Waals surface area contributed by atoms with Gasteiger partial charge < -0.3 is 4.90 Å². The zero-order chi connectivity index (χ0) is 8.85. The van der Waals surface area contributed by atoms with E-state index in [9.17, 15) is 0 Å². The Hall–Kier alpha value is -0.970. The summed E-state index contributed by atoms with van der Waals surface area (Å²) in [5, 5.41) is 8.32. The van der Waals surface area contributed by atoms with Gasteiger partial charge in [0.25, 0.3) is 0 Å². The fraction of sp³-hybridized carbons (Fsp3) is 0.667. The second-order valence-corrected chi connectivity index (χ2v) is 3.08. The first-order chi connectivity index (χ1) is 5.09. The van der Waals surface area contributed by atoms with Crippen LogP contribution >= 0.6 is 0 Å². The van der Waals surface area contributed by atoms with Crippen LogP contribution in [0, 0.1) is 11.3 Å². The number of rotatable bonds is 3. The van der Waals surface area contributed by atoms with Gasteiger partial charge in [0.05, 0.1) is 6.07 Å². The summed E-state index contributed by atoms with van der Waals surface area (Å²) in [6.07, 6.45) is 3.36. The Morgan fingerprint density at radius 1 is 1.18 bits per heavy atom. The quantitative estimate of drug-likeness (QED) is 0.579. The van der Waals surface area contributed by atoms with E-state index in [1.807, 2.05) is 12.3 Å². The SMILES string of the molecule is CC(C)N(C=CC#N)C(C)C. The van der Waals surface area contributed by atoms with Crippen LogP contribution in [0.3, 0.4) is 0 Å². The molecule has 0 aromatic carbocycles. The summed E-state index contributed by atoms with van der Waals surface area (Å²) >= 11 is 0. The molecular weight excluding hydrogens is 136 g/mol. The average molecular weight is 152 g/mol. The Balaban J connectivity index is 4.14. The fourth-order valence-electron chi connectivity index (χ4n) is 1.06. The van der Waals surface area contributed by atoms with Gasteiger partial charge in [-0.3, -0.25) is 0 Å². The Morgan fingerprint density at radius 3 is 1.91 bits per heavy atom. The number of hydrogen-bond donors (Lipinski definition) is 0. The van der Waals surface area contributed by atoms with E-state index < -0.39 is 0 Å². The van der Waals surface area contributed by atoms with Crippen molar-refractivity contribution in [2.24, 2.45) is 0 Å². The lowest BCUT2D eigenvalue weighted by Crippen LogP contribution is -2.31. The molecule has 0 rings (SSSR count). The van der Waals surface area contributed by atoms with Crippen molar-refractivity contribution in [1.29, 1.82) is 5.26 Å². The Bertz CT molecular complexity index is 155. The fourth-order valence-corrected chi connectivity index (χ4v) is 1.06. The first-order valence-electron chi connectivity index (χ1n) is 3.93. The van der Waals surface area contributed by atoms with Crippen LogP contribution < -0.4 is 0 Å². The molecule has 11 heavy (non-hydrogen) atoms. The molecule has 0 aromatic heterocycles. The van der Waals surface area contributed by atoms with Gasteiger partial charge in [-0.15, -0.1) is 0 Å². The minimum Gasteiger partial charge on any atom is -0.372 e. The van der Waals surface area contributed by atoms with Crippen LogP contribution in [0.15, 0.2) is 12.3 Å². The molecule has 0 aliphatic carbocycles. The normalized spacial score (nSPS) is 11.0. The first kappa shape index (κ1) is 10.0. The second-order valence-electron chi connectivity index (χ2n) is 3.08. The third-order valence-electron chi connectivity index (χ3n) is 1.51. The zero-order valence-electron chi connectivity index (χ0n) is 7.70. The molecule has 0 heterocycles. The molecule has 0 saturated carbocycles. The van der Waals surface area contributed by atoms with E-state index in [-0.39, 0.29) is 0 Å². The minimum atomic E-state index is 0.458. The highest BCUT2D eigenvalue weighted by atomic mass is 15.1. The Labute approximate surface area is 69.1 Å². The molecule has 0 aromatic rings. The summed E-state index contributed by atoms with van der Waals surface area (Å²) < 4.78 is 0. The van der Waals surface area contributed by atoms with Crippen molar-refractivity contribution in [2.45, 2.75) is 39.8 Å². The molecule has 0 N–H and O–H groups in total. The van der Waals surface area contributed by atoms with Gasteiger partial charge in [-0.05, 0) is 27.7 Å². The summed E-state index contributed by atoms with van der Waals surface area (Å²) in [6.45, 7) is 8.45. The molecular formula is C9H16N2. The molecule has 0 radical (unpaired) electrons. The monoisotopic (exact) mass is 152 g/mol. The molecule has 62 valence electrons. The van der Waals surface area contributed by atoms with Crippen molar-refractivity contribution in [3.63, 3.8) is 0 Å². The standard InChI is InChI=1S/C9H16N2/c1-8(2)11(9(3)4)7-5-6-10/h5,7-9H,1-4H3. The predicted octanol–water partition coefficient (Wildman–Crippen LogP) is 2.14. The van der Waals surface area contributed by atoms with Gasteiger partial charge in [-0.1, -0.05) is 0 Å². The lowest BCUT2D eigenvalue weighted by molar-refractivity contribution is 0.256. The Morgan fingerprint density at radius 2 is 1.64 bits per heavy atom. The van der Waals surface area contributed by atoms with Crippen LogP contribution in [0.4, 0.5) is 0 Å². The second kappa shape index (κ2) is 4.79. The summed E-state index contributed by atoms with van der Waals surface area (Å²) in [6, 6.07) is 2.90. The number of nitrogens with zero attached hydrogens (tertiary/aromatic N) is 2. The molecule has 0 spiro atoms. The van der Waals surface area contributed by atoms with Gasteiger partial charge in [0.1, 0.15) is 0 Å². The third kappa shape index (κ3) is 3.67. The van der Waals surface area contributed by atoms with E-state index in [1.54, 1.807) is 0 Å². The van der Waals surface area contributed by atoms with Crippen LogP contribution in [-0.2, 0) is 0 Å². The van der Waals surface area contributed by atoms with Crippen LogP contribution in [0.1, 0.15) is 27.7 Å². The van der Waals surface area contributed by atoms with E-state index in [0.717, 1.165) is 0 Å². The smallest absolute Gasteiger partial charge is 0.0927 e. The van der Waals surface area contributed by atoms with E-state index in [1.165, 1.54) is 6.08 Å². The van der Waals surface area contributed by atoms with Crippen LogP contribution in [0.5, 0.6) is 0 Å². The maximum Gasteiger partial charge on any atom is 0.0927 e. The van der Waals surface area contributed by atoms with Crippen LogP contribution in [0.2, 0.25) is 0 Å². The Kier molecular flexibility index (Phi) is 4.36. The van der Waals surface area contributed by atoms with E-state index >= 15 is 0 Å². The van der Waals surface area contributed by atoms with Crippen molar-refractivity contribution in [3.8, 4) is 6.07 Å². The van der Waals surface area contributed by atoms with Crippen molar-refractivity contribution in [3.05, 3.63) is 12.3 Å². The summed E-state index contributed by atoms with van der Waals surface area (Å²) in [5.41, 5.74) is 0. The molecule has 0 bridgehead atoms. The molecule has 0 amide bonds. The first-order valence-corrected chi connectivity index (χ1v) is 3.93. The van der Waals surface area contributed by atoms with Crippen LogP contribution in [-0.4, -0.2) is 17.0 Å². The van der Waals surface area contributed by atoms with Gasteiger partial charge in [0.2, 0.25) is 0 Å². The predicted molar refractivity (Wildman–Crippen MR) is 46.9 cm³/mol. The summed E-state index contributed by atoms with van der Waals surface area (Å²) in [5.74, 6) is 0.